The lowest BCUT2D eigenvalue weighted by Gasteiger charge is -2.42. The molecule has 0 bridgehead atoms. The summed E-state index contributed by atoms with van der Waals surface area (Å²) < 4.78 is 12.2. The van der Waals surface area contributed by atoms with E-state index in [2.05, 4.69) is 10.6 Å². The zero-order valence-electron chi connectivity index (χ0n) is 19.9. The summed E-state index contributed by atoms with van der Waals surface area (Å²) in [6.07, 6.45) is 2.04. The van der Waals surface area contributed by atoms with Gasteiger partial charge in [-0.3, -0.25) is 14.4 Å². The monoisotopic (exact) mass is 499 g/mol. The van der Waals surface area contributed by atoms with Crippen molar-refractivity contribution in [2.24, 2.45) is 0 Å². The lowest BCUT2D eigenvalue weighted by molar-refractivity contribution is -0.134. The fraction of sp³-hybridized carbons (Fsp3) is 0.423. The molecule has 1 fully saturated rings. The summed E-state index contributed by atoms with van der Waals surface area (Å²) in [5.74, 6) is -0.106. The minimum Gasteiger partial charge on any atom is -0.490 e. The first-order chi connectivity index (χ1) is 16.9. The van der Waals surface area contributed by atoms with Crippen molar-refractivity contribution >= 4 is 35.0 Å². The quantitative estimate of drug-likeness (QED) is 0.628. The standard InChI is InChI=1S/C26H30ClN3O5/c1-3-12-28-24(31)14-19-9-10-21-23(35-19)15-34-22-11-8-18(13-20(22)26(33)30(21)2)29-25(32)16-4-6-17(27)7-5-16/h4-8,11,13,19,21,23H,3,9-10,12,14-15H2,1-2H3,(H,28,31)(H,29,32)/t19-,21+,23+/m1/s1. The van der Waals surface area contributed by atoms with Gasteiger partial charge in [-0.1, -0.05) is 18.5 Å². The van der Waals surface area contributed by atoms with Gasteiger partial charge in [-0.2, -0.15) is 0 Å². The molecule has 2 aromatic rings. The molecular formula is C26H30ClN3O5. The van der Waals surface area contributed by atoms with Gasteiger partial charge in [0.05, 0.1) is 24.1 Å². The molecule has 2 aromatic carbocycles. The number of carbonyl (C=O) groups is 3. The van der Waals surface area contributed by atoms with Crippen molar-refractivity contribution < 1.29 is 23.9 Å². The van der Waals surface area contributed by atoms with Gasteiger partial charge >= 0.3 is 0 Å². The maximum atomic E-state index is 13.4. The first-order valence-corrected chi connectivity index (χ1v) is 12.3. The smallest absolute Gasteiger partial charge is 0.257 e. The van der Waals surface area contributed by atoms with Crippen LogP contribution in [0.4, 0.5) is 5.69 Å². The summed E-state index contributed by atoms with van der Waals surface area (Å²) in [6.45, 7) is 2.92. The number of nitrogens with zero attached hydrogens (tertiary/aromatic N) is 1. The molecule has 2 aliphatic rings. The number of anilines is 1. The Bertz CT molecular complexity index is 1090. The lowest BCUT2D eigenvalue weighted by atomic mass is 9.94. The third-order valence-corrected chi connectivity index (χ3v) is 6.61. The fourth-order valence-electron chi connectivity index (χ4n) is 4.45. The average molecular weight is 500 g/mol. The number of amides is 3. The van der Waals surface area contributed by atoms with Crippen LogP contribution in [0.5, 0.6) is 5.75 Å². The van der Waals surface area contributed by atoms with Crippen LogP contribution in [-0.4, -0.2) is 61.1 Å². The minimum absolute atomic E-state index is 0.0231. The Morgan fingerprint density at radius 3 is 2.66 bits per heavy atom. The Morgan fingerprint density at radius 2 is 1.91 bits per heavy atom. The number of rotatable bonds is 6. The zero-order valence-corrected chi connectivity index (χ0v) is 20.6. The van der Waals surface area contributed by atoms with E-state index in [0.29, 0.717) is 53.4 Å². The number of nitrogens with one attached hydrogen (secondary N) is 2. The van der Waals surface area contributed by atoms with Crippen molar-refractivity contribution in [2.75, 3.05) is 25.5 Å². The first-order valence-electron chi connectivity index (χ1n) is 11.9. The molecule has 2 N–H and O–H groups in total. The second kappa shape index (κ2) is 11.1. The molecule has 0 aliphatic carbocycles. The number of halogens is 1. The van der Waals surface area contributed by atoms with E-state index in [-0.39, 0.29) is 42.6 Å². The van der Waals surface area contributed by atoms with Gasteiger partial charge in [-0.05, 0) is 61.7 Å². The van der Waals surface area contributed by atoms with E-state index in [1.165, 1.54) is 0 Å². The third kappa shape index (κ3) is 5.94. The summed E-state index contributed by atoms with van der Waals surface area (Å²) in [5, 5.41) is 6.25. The molecule has 3 amide bonds. The Labute approximate surface area is 209 Å². The Hall–Kier alpha value is -3.10. The highest BCUT2D eigenvalue weighted by atomic mass is 35.5. The second-order valence-electron chi connectivity index (χ2n) is 8.89. The normalized spacial score (nSPS) is 21.6. The van der Waals surface area contributed by atoms with Crippen LogP contribution >= 0.6 is 11.6 Å². The van der Waals surface area contributed by atoms with Crippen LogP contribution in [0, 0.1) is 0 Å². The predicted octanol–water partition coefficient (Wildman–Crippen LogP) is 3.89. The minimum atomic E-state index is -0.334. The molecule has 0 saturated carbocycles. The SMILES string of the molecule is CCCNC(=O)C[C@H]1CC[C@H]2[C@H](COc3ccc(NC(=O)c4ccc(Cl)cc4)cc3C(=O)N2C)O1. The number of carbonyl (C=O) groups excluding carboxylic acids is 3. The van der Waals surface area contributed by atoms with Crippen LogP contribution < -0.4 is 15.4 Å². The molecule has 9 heteroatoms. The van der Waals surface area contributed by atoms with Crippen LogP contribution in [0.15, 0.2) is 42.5 Å². The summed E-state index contributed by atoms with van der Waals surface area (Å²) in [4.78, 5) is 39.8. The Kier molecular flexibility index (Phi) is 7.93. The Morgan fingerprint density at radius 1 is 1.14 bits per heavy atom. The highest BCUT2D eigenvalue weighted by Crippen LogP contribution is 2.32. The highest BCUT2D eigenvalue weighted by molar-refractivity contribution is 6.30. The van der Waals surface area contributed by atoms with Gasteiger partial charge < -0.3 is 25.0 Å². The van der Waals surface area contributed by atoms with Crippen LogP contribution in [0.25, 0.3) is 0 Å². The molecule has 35 heavy (non-hydrogen) atoms. The fourth-order valence-corrected chi connectivity index (χ4v) is 4.58. The molecule has 0 radical (unpaired) electrons. The summed E-state index contributed by atoms with van der Waals surface area (Å²) in [5.41, 5.74) is 1.33. The second-order valence-corrected chi connectivity index (χ2v) is 9.33. The van der Waals surface area contributed by atoms with Crippen LogP contribution in [0.2, 0.25) is 5.02 Å². The molecule has 0 spiro atoms. The molecule has 2 heterocycles. The number of fused-ring (bicyclic) bond motifs is 2. The van der Waals surface area contributed by atoms with Gasteiger partial charge in [0.15, 0.2) is 0 Å². The third-order valence-electron chi connectivity index (χ3n) is 6.36. The number of ether oxygens (including phenoxy) is 2. The maximum absolute atomic E-state index is 13.4. The molecule has 2 aliphatic heterocycles. The number of benzene rings is 2. The van der Waals surface area contributed by atoms with Gasteiger partial charge in [-0.25, -0.2) is 0 Å². The maximum Gasteiger partial charge on any atom is 0.257 e. The highest BCUT2D eigenvalue weighted by Gasteiger charge is 2.39. The van der Waals surface area contributed by atoms with Crippen molar-refractivity contribution in [3.63, 3.8) is 0 Å². The molecule has 0 unspecified atom stereocenters. The number of hydrogen-bond acceptors (Lipinski definition) is 5. The largest absolute Gasteiger partial charge is 0.490 e. The molecular weight excluding hydrogens is 470 g/mol. The molecule has 1 saturated heterocycles. The van der Waals surface area contributed by atoms with E-state index in [1.807, 2.05) is 6.92 Å². The van der Waals surface area contributed by atoms with E-state index in [9.17, 15) is 14.4 Å². The number of likely N-dealkylation sites (N-methyl/N-ethyl adjacent to an activating group) is 1. The Balaban J connectivity index is 1.46. The van der Waals surface area contributed by atoms with E-state index in [0.717, 1.165) is 6.42 Å². The van der Waals surface area contributed by atoms with Crippen molar-refractivity contribution in [3.05, 3.63) is 58.6 Å². The van der Waals surface area contributed by atoms with Crippen LogP contribution in [-0.2, 0) is 9.53 Å². The lowest BCUT2D eigenvalue weighted by Crippen LogP contribution is -2.54. The molecule has 4 rings (SSSR count). The van der Waals surface area contributed by atoms with E-state index in [4.69, 9.17) is 21.1 Å². The molecule has 0 aromatic heterocycles. The van der Waals surface area contributed by atoms with E-state index >= 15 is 0 Å². The summed E-state index contributed by atoms with van der Waals surface area (Å²) >= 11 is 5.90. The van der Waals surface area contributed by atoms with Crippen LogP contribution in [0.1, 0.15) is 53.3 Å². The van der Waals surface area contributed by atoms with Crippen LogP contribution in [0.3, 0.4) is 0 Å². The number of hydrogen-bond donors (Lipinski definition) is 2. The van der Waals surface area contributed by atoms with Gasteiger partial charge in [0, 0.05) is 29.9 Å². The molecule has 8 nitrogen and oxygen atoms in total. The van der Waals surface area contributed by atoms with Gasteiger partial charge in [-0.15, -0.1) is 0 Å². The van der Waals surface area contributed by atoms with E-state index in [1.54, 1.807) is 54.4 Å². The molecule has 3 atom stereocenters. The average Bonchev–Trinajstić information content (AvgIpc) is 2.85. The topological polar surface area (TPSA) is 97.0 Å². The predicted molar refractivity (Wildman–Crippen MR) is 133 cm³/mol. The summed E-state index contributed by atoms with van der Waals surface area (Å²) in [6, 6.07) is 11.4. The van der Waals surface area contributed by atoms with Gasteiger partial charge in [0.1, 0.15) is 18.5 Å². The van der Waals surface area contributed by atoms with Crippen molar-refractivity contribution in [3.8, 4) is 5.75 Å². The van der Waals surface area contributed by atoms with Gasteiger partial charge in [0.25, 0.3) is 11.8 Å². The zero-order chi connectivity index (χ0) is 24.9. The van der Waals surface area contributed by atoms with Crippen molar-refractivity contribution in [2.45, 2.75) is 50.9 Å². The van der Waals surface area contributed by atoms with Gasteiger partial charge in [0.2, 0.25) is 5.91 Å². The summed E-state index contributed by atoms with van der Waals surface area (Å²) in [7, 11) is 1.76. The van der Waals surface area contributed by atoms with Crippen molar-refractivity contribution in [1.82, 2.24) is 10.2 Å². The van der Waals surface area contributed by atoms with Crippen molar-refractivity contribution in [1.29, 1.82) is 0 Å². The van der Waals surface area contributed by atoms with E-state index < -0.39 is 0 Å². The first kappa shape index (κ1) is 25.0. The molecule has 186 valence electrons.